The molecule has 2 saturated heterocycles. The lowest BCUT2D eigenvalue weighted by Crippen LogP contribution is -2.47. The van der Waals surface area contributed by atoms with Gasteiger partial charge in [-0.15, -0.1) is 0 Å². The van der Waals surface area contributed by atoms with Gasteiger partial charge in [-0.2, -0.15) is 5.10 Å². The number of ether oxygens (including phenoxy) is 2. The SMILES string of the molecule is Cc1cccc(-c2nn(-c3ccc(F)cc3)cc2C(=O)N2CCC3(CC2)OCCO3)c1. The van der Waals surface area contributed by atoms with E-state index in [9.17, 15) is 9.18 Å². The topological polar surface area (TPSA) is 56.6 Å². The van der Waals surface area contributed by atoms with Crippen LogP contribution in [0.15, 0.2) is 54.7 Å². The Morgan fingerprint density at radius 2 is 1.77 bits per heavy atom. The van der Waals surface area contributed by atoms with Gasteiger partial charge in [0.2, 0.25) is 0 Å². The van der Waals surface area contributed by atoms with Gasteiger partial charge in [-0.05, 0) is 37.3 Å². The largest absolute Gasteiger partial charge is 0.347 e. The molecule has 5 rings (SSSR count). The summed E-state index contributed by atoms with van der Waals surface area (Å²) >= 11 is 0. The summed E-state index contributed by atoms with van der Waals surface area (Å²) < 4.78 is 26.6. The van der Waals surface area contributed by atoms with E-state index in [2.05, 4.69) is 0 Å². The number of benzene rings is 2. The van der Waals surface area contributed by atoms with Crippen LogP contribution in [0.25, 0.3) is 16.9 Å². The number of halogens is 1. The van der Waals surface area contributed by atoms with Gasteiger partial charge in [-0.25, -0.2) is 9.07 Å². The van der Waals surface area contributed by atoms with Crippen LogP contribution in [0.5, 0.6) is 0 Å². The Kier molecular flexibility index (Phi) is 5.08. The third kappa shape index (κ3) is 3.86. The summed E-state index contributed by atoms with van der Waals surface area (Å²) in [6.07, 6.45) is 3.05. The van der Waals surface area contributed by atoms with Crippen LogP contribution in [-0.4, -0.2) is 52.7 Å². The minimum atomic E-state index is -0.533. The zero-order chi connectivity index (χ0) is 21.4. The number of hydrogen-bond acceptors (Lipinski definition) is 4. The van der Waals surface area contributed by atoms with Gasteiger partial charge < -0.3 is 14.4 Å². The van der Waals surface area contributed by atoms with Crippen LogP contribution >= 0.6 is 0 Å². The van der Waals surface area contributed by atoms with E-state index < -0.39 is 5.79 Å². The van der Waals surface area contributed by atoms with Crippen molar-refractivity contribution in [3.63, 3.8) is 0 Å². The molecule has 0 aliphatic carbocycles. The molecule has 1 aromatic heterocycles. The van der Waals surface area contributed by atoms with Gasteiger partial charge in [0, 0.05) is 37.7 Å². The molecule has 31 heavy (non-hydrogen) atoms. The highest BCUT2D eigenvalue weighted by molar-refractivity contribution is 6.00. The molecule has 6 nitrogen and oxygen atoms in total. The average Bonchev–Trinajstić information content (AvgIpc) is 3.42. The van der Waals surface area contributed by atoms with Gasteiger partial charge in [0.1, 0.15) is 11.5 Å². The summed E-state index contributed by atoms with van der Waals surface area (Å²) in [5.41, 5.74) is 3.80. The highest BCUT2D eigenvalue weighted by Gasteiger charge is 2.41. The van der Waals surface area contributed by atoms with Gasteiger partial charge in [0.15, 0.2) is 5.79 Å². The lowest BCUT2D eigenvalue weighted by Gasteiger charge is -2.37. The van der Waals surface area contributed by atoms with E-state index in [0.29, 0.717) is 56.1 Å². The molecule has 2 aromatic carbocycles. The van der Waals surface area contributed by atoms with E-state index in [1.54, 1.807) is 23.0 Å². The molecule has 0 unspecified atom stereocenters. The van der Waals surface area contributed by atoms with E-state index in [-0.39, 0.29) is 11.7 Å². The number of amides is 1. The summed E-state index contributed by atoms with van der Waals surface area (Å²) in [5, 5.41) is 4.71. The number of carbonyl (C=O) groups excluding carboxylic acids is 1. The maximum absolute atomic E-state index is 13.5. The van der Waals surface area contributed by atoms with Crippen LogP contribution in [0.1, 0.15) is 28.8 Å². The van der Waals surface area contributed by atoms with Crippen molar-refractivity contribution in [1.82, 2.24) is 14.7 Å². The minimum Gasteiger partial charge on any atom is -0.347 e. The molecule has 0 saturated carbocycles. The first-order chi connectivity index (χ1) is 15.0. The Bertz CT molecular complexity index is 1090. The number of rotatable bonds is 3. The number of nitrogens with zero attached hydrogens (tertiary/aromatic N) is 3. The molecule has 2 aliphatic heterocycles. The number of piperidine rings is 1. The quantitative estimate of drug-likeness (QED) is 0.642. The third-order valence-electron chi connectivity index (χ3n) is 5.95. The van der Waals surface area contributed by atoms with E-state index in [1.165, 1.54) is 12.1 Å². The van der Waals surface area contributed by atoms with Crippen LogP contribution in [-0.2, 0) is 9.47 Å². The van der Waals surface area contributed by atoms with Gasteiger partial charge >= 0.3 is 0 Å². The predicted octanol–water partition coefficient (Wildman–Crippen LogP) is 3.97. The van der Waals surface area contributed by atoms with Crippen LogP contribution in [0, 0.1) is 12.7 Å². The molecule has 0 atom stereocenters. The van der Waals surface area contributed by atoms with Crippen LogP contribution in [0.4, 0.5) is 4.39 Å². The molecule has 2 fully saturated rings. The number of carbonyl (C=O) groups is 1. The highest BCUT2D eigenvalue weighted by atomic mass is 19.1. The first-order valence-corrected chi connectivity index (χ1v) is 10.5. The van der Waals surface area contributed by atoms with Gasteiger partial charge in [-0.1, -0.05) is 23.8 Å². The molecule has 0 N–H and O–H groups in total. The molecular formula is C24H24FN3O3. The van der Waals surface area contributed by atoms with E-state index in [1.807, 2.05) is 36.1 Å². The van der Waals surface area contributed by atoms with Crippen molar-refractivity contribution in [1.29, 1.82) is 0 Å². The maximum Gasteiger partial charge on any atom is 0.257 e. The van der Waals surface area contributed by atoms with E-state index >= 15 is 0 Å². The lowest BCUT2D eigenvalue weighted by atomic mass is 10.0. The zero-order valence-corrected chi connectivity index (χ0v) is 17.4. The van der Waals surface area contributed by atoms with Crippen molar-refractivity contribution in [3.05, 3.63) is 71.7 Å². The third-order valence-corrected chi connectivity index (χ3v) is 5.95. The second-order valence-corrected chi connectivity index (χ2v) is 8.08. The molecule has 3 aromatic rings. The first kappa shape index (κ1) is 19.9. The first-order valence-electron chi connectivity index (χ1n) is 10.5. The average molecular weight is 421 g/mol. The number of likely N-dealkylation sites (tertiary alicyclic amines) is 1. The number of aromatic nitrogens is 2. The fourth-order valence-corrected chi connectivity index (χ4v) is 4.27. The summed E-state index contributed by atoms with van der Waals surface area (Å²) in [4.78, 5) is 15.3. The van der Waals surface area contributed by atoms with Crippen molar-refractivity contribution in [3.8, 4) is 16.9 Å². The van der Waals surface area contributed by atoms with Crippen molar-refractivity contribution in [2.45, 2.75) is 25.6 Å². The van der Waals surface area contributed by atoms with Crippen LogP contribution in [0.3, 0.4) is 0 Å². The molecule has 1 spiro atoms. The second kappa shape index (κ2) is 7.90. The summed E-state index contributed by atoms with van der Waals surface area (Å²) in [5.74, 6) is -0.920. The predicted molar refractivity (Wildman–Crippen MR) is 113 cm³/mol. The molecule has 7 heteroatoms. The fraction of sp³-hybridized carbons (Fsp3) is 0.333. The monoisotopic (exact) mass is 421 g/mol. The van der Waals surface area contributed by atoms with Gasteiger partial charge in [-0.3, -0.25) is 4.79 Å². The summed E-state index contributed by atoms with van der Waals surface area (Å²) in [6, 6.07) is 14.0. The van der Waals surface area contributed by atoms with Gasteiger partial charge in [0.25, 0.3) is 5.91 Å². The van der Waals surface area contributed by atoms with E-state index in [4.69, 9.17) is 14.6 Å². The lowest BCUT2D eigenvalue weighted by molar-refractivity contribution is -0.181. The molecule has 1 amide bonds. The Labute approximate surface area is 180 Å². The Balaban J connectivity index is 1.49. The fourth-order valence-electron chi connectivity index (χ4n) is 4.27. The minimum absolute atomic E-state index is 0.0716. The summed E-state index contributed by atoms with van der Waals surface area (Å²) in [6.45, 7) is 4.35. The van der Waals surface area contributed by atoms with Crippen LogP contribution in [0.2, 0.25) is 0 Å². The number of hydrogen-bond donors (Lipinski definition) is 0. The standard InChI is InChI=1S/C24H24FN3O3/c1-17-3-2-4-18(15-17)22-21(16-28(26-22)20-7-5-19(25)6-8-20)23(29)27-11-9-24(10-12-27)30-13-14-31-24/h2-8,15-16H,9-14H2,1H3. The summed E-state index contributed by atoms with van der Waals surface area (Å²) in [7, 11) is 0. The molecular weight excluding hydrogens is 397 g/mol. The Morgan fingerprint density at radius 1 is 1.06 bits per heavy atom. The molecule has 3 heterocycles. The van der Waals surface area contributed by atoms with Gasteiger partial charge in [0.05, 0.1) is 24.5 Å². The van der Waals surface area contributed by atoms with Crippen molar-refractivity contribution in [2.75, 3.05) is 26.3 Å². The van der Waals surface area contributed by atoms with Crippen LogP contribution < -0.4 is 0 Å². The number of aryl methyl sites for hydroxylation is 1. The normalized spacial score (nSPS) is 17.9. The molecule has 0 bridgehead atoms. The second-order valence-electron chi connectivity index (χ2n) is 8.08. The van der Waals surface area contributed by atoms with Crippen molar-refractivity contribution >= 4 is 5.91 Å². The molecule has 2 aliphatic rings. The van der Waals surface area contributed by atoms with Crippen molar-refractivity contribution in [2.24, 2.45) is 0 Å². The highest BCUT2D eigenvalue weighted by Crippen LogP contribution is 2.33. The molecule has 0 radical (unpaired) electrons. The smallest absolute Gasteiger partial charge is 0.257 e. The maximum atomic E-state index is 13.5. The Hall–Kier alpha value is -3.03. The van der Waals surface area contributed by atoms with E-state index in [0.717, 1.165) is 11.1 Å². The Morgan fingerprint density at radius 3 is 2.45 bits per heavy atom. The molecule has 160 valence electrons. The van der Waals surface area contributed by atoms with Crippen molar-refractivity contribution < 1.29 is 18.7 Å². The zero-order valence-electron chi connectivity index (χ0n) is 17.4.